The van der Waals surface area contributed by atoms with Gasteiger partial charge in [0.25, 0.3) is 5.91 Å². The number of methoxy groups -OCH3 is 1. The summed E-state index contributed by atoms with van der Waals surface area (Å²) in [4.78, 5) is 18.2. The third kappa shape index (κ3) is 5.16. The number of ether oxygens (including phenoxy) is 1. The van der Waals surface area contributed by atoms with Gasteiger partial charge in [-0.25, -0.2) is 0 Å². The van der Waals surface area contributed by atoms with Crippen LogP contribution in [0.1, 0.15) is 32.4 Å². The highest BCUT2D eigenvalue weighted by atomic mass is 35.5. The second-order valence-corrected chi connectivity index (χ2v) is 8.49. The fraction of sp³-hybridized carbons (Fsp3) is 0.409. The molecule has 29 heavy (non-hydrogen) atoms. The lowest BCUT2D eigenvalue weighted by molar-refractivity contribution is -0.121. The average Bonchev–Trinajstić information content (AvgIpc) is 3.04. The number of carbonyl (C=O) groups excluding carboxylic acids is 1. The number of halogens is 2. The smallest absolute Gasteiger partial charge is 0.286 e. The minimum Gasteiger partial charge on any atom is -0.491 e. The van der Waals surface area contributed by atoms with Crippen molar-refractivity contribution < 1.29 is 9.53 Å². The van der Waals surface area contributed by atoms with Gasteiger partial charge in [0.15, 0.2) is 5.76 Å². The lowest BCUT2D eigenvalue weighted by Gasteiger charge is -2.40. The standard InChI is InChI=1S/C22H27Cl2N3O2/c1-13-8-17(9-14(2)27(13)3)26-22(28)21(29-4)7-5-6-16-10-15-11-18(23)19(24)12-20(15)25-16/h5-7,10-14,17,25H,8-9H2,1-4H3,(H,26,28)/b6-5-,21-7-. The van der Waals surface area contributed by atoms with E-state index in [1.807, 2.05) is 18.2 Å². The SMILES string of the molecule is CO/C(=C\C=C/c1cc2cc(Cl)c(Cl)cc2[nH]1)C(=O)NC1CC(C)N(C)C(C)C1. The van der Waals surface area contributed by atoms with Crippen LogP contribution in [0, 0.1) is 0 Å². The Bertz CT molecular complexity index is 900. The van der Waals surface area contributed by atoms with E-state index in [1.54, 1.807) is 18.2 Å². The van der Waals surface area contributed by atoms with Gasteiger partial charge in [0.1, 0.15) is 0 Å². The molecule has 2 N–H and O–H groups in total. The summed E-state index contributed by atoms with van der Waals surface area (Å²) in [6.45, 7) is 4.37. The van der Waals surface area contributed by atoms with Gasteiger partial charge in [-0.2, -0.15) is 0 Å². The Kier molecular flexibility index (Phi) is 6.93. The number of allylic oxidation sites excluding steroid dienone is 2. The number of hydrogen-bond donors (Lipinski definition) is 2. The Morgan fingerprint density at radius 3 is 2.52 bits per heavy atom. The quantitative estimate of drug-likeness (QED) is 0.394. The summed E-state index contributed by atoms with van der Waals surface area (Å²) in [5.74, 6) is 0.0870. The maximum atomic E-state index is 12.6. The van der Waals surface area contributed by atoms with E-state index in [1.165, 1.54) is 7.11 Å². The van der Waals surface area contributed by atoms with Crippen molar-refractivity contribution in [3.63, 3.8) is 0 Å². The van der Waals surface area contributed by atoms with E-state index in [-0.39, 0.29) is 17.7 Å². The van der Waals surface area contributed by atoms with Crippen LogP contribution >= 0.6 is 23.2 Å². The minimum absolute atomic E-state index is 0.148. The number of hydrogen-bond acceptors (Lipinski definition) is 3. The van der Waals surface area contributed by atoms with Crippen LogP contribution < -0.4 is 5.32 Å². The molecule has 0 spiro atoms. The van der Waals surface area contributed by atoms with Gasteiger partial charge in [-0.1, -0.05) is 29.3 Å². The van der Waals surface area contributed by atoms with Crippen LogP contribution in [0.3, 0.4) is 0 Å². The van der Waals surface area contributed by atoms with Crippen LogP contribution in [0.15, 0.2) is 36.1 Å². The molecule has 0 radical (unpaired) electrons. The fourth-order valence-electron chi connectivity index (χ4n) is 3.78. The van der Waals surface area contributed by atoms with E-state index in [2.05, 4.69) is 36.1 Å². The third-order valence-corrected chi connectivity index (χ3v) is 6.35. The zero-order valence-electron chi connectivity index (χ0n) is 17.1. The number of nitrogens with zero attached hydrogens (tertiary/aromatic N) is 1. The summed E-state index contributed by atoms with van der Waals surface area (Å²) in [5, 5.41) is 5.10. The minimum atomic E-state index is -0.193. The molecule has 0 aliphatic carbocycles. The van der Waals surface area contributed by atoms with Crippen LogP contribution in [0.25, 0.3) is 17.0 Å². The third-order valence-electron chi connectivity index (χ3n) is 5.63. The lowest BCUT2D eigenvalue weighted by atomic mass is 9.93. The number of amides is 1. The molecule has 156 valence electrons. The molecule has 1 amide bonds. The Morgan fingerprint density at radius 2 is 1.86 bits per heavy atom. The fourth-order valence-corrected chi connectivity index (χ4v) is 4.11. The number of nitrogens with one attached hydrogen (secondary N) is 2. The molecule has 1 saturated heterocycles. The topological polar surface area (TPSA) is 57.4 Å². The summed E-state index contributed by atoms with van der Waals surface area (Å²) < 4.78 is 5.30. The Labute approximate surface area is 181 Å². The average molecular weight is 436 g/mol. The molecule has 0 bridgehead atoms. The highest BCUT2D eigenvalue weighted by Gasteiger charge is 2.29. The van der Waals surface area contributed by atoms with E-state index in [0.29, 0.717) is 22.1 Å². The molecule has 2 unspecified atom stereocenters. The number of benzene rings is 1. The summed E-state index contributed by atoms with van der Waals surface area (Å²) in [7, 11) is 3.64. The molecule has 1 aromatic heterocycles. The molecule has 7 heteroatoms. The van der Waals surface area contributed by atoms with Gasteiger partial charge >= 0.3 is 0 Å². The number of carbonyl (C=O) groups is 1. The first-order valence-electron chi connectivity index (χ1n) is 9.71. The Morgan fingerprint density at radius 1 is 1.21 bits per heavy atom. The molecule has 5 nitrogen and oxygen atoms in total. The van der Waals surface area contributed by atoms with E-state index >= 15 is 0 Å². The van der Waals surface area contributed by atoms with Crippen LogP contribution in [0.5, 0.6) is 0 Å². The van der Waals surface area contributed by atoms with Crippen molar-refractivity contribution in [1.82, 2.24) is 15.2 Å². The first-order valence-corrected chi connectivity index (χ1v) is 10.5. The number of fused-ring (bicyclic) bond motifs is 1. The van der Waals surface area contributed by atoms with E-state index in [0.717, 1.165) is 29.4 Å². The van der Waals surface area contributed by atoms with E-state index < -0.39 is 0 Å². The summed E-state index contributed by atoms with van der Waals surface area (Å²) >= 11 is 12.1. The summed E-state index contributed by atoms with van der Waals surface area (Å²) in [6, 6.07) is 6.60. The zero-order valence-corrected chi connectivity index (χ0v) is 18.6. The Hall–Kier alpha value is -1.95. The van der Waals surface area contributed by atoms with Gasteiger partial charge in [-0.3, -0.25) is 4.79 Å². The van der Waals surface area contributed by atoms with Gasteiger partial charge in [-0.05, 0) is 64.1 Å². The van der Waals surface area contributed by atoms with Crippen molar-refractivity contribution in [3.05, 3.63) is 51.8 Å². The largest absolute Gasteiger partial charge is 0.491 e. The molecule has 1 aliphatic rings. The molecule has 3 rings (SSSR count). The second-order valence-electron chi connectivity index (χ2n) is 7.68. The number of aromatic amines is 1. The summed E-state index contributed by atoms with van der Waals surface area (Å²) in [5.41, 5.74) is 1.78. The maximum Gasteiger partial charge on any atom is 0.286 e. The molecule has 1 aliphatic heterocycles. The van der Waals surface area contributed by atoms with E-state index in [4.69, 9.17) is 27.9 Å². The first kappa shape index (κ1) is 21.8. The maximum absolute atomic E-state index is 12.6. The molecule has 0 saturated carbocycles. The van der Waals surface area contributed by atoms with Gasteiger partial charge in [0.2, 0.25) is 0 Å². The second kappa shape index (κ2) is 9.24. The molecule has 2 aromatic rings. The van der Waals surface area contributed by atoms with Crippen LogP contribution in [-0.4, -0.2) is 48.1 Å². The van der Waals surface area contributed by atoms with Crippen LogP contribution in [0.2, 0.25) is 10.0 Å². The van der Waals surface area contributed by atoms with Gasteiger partial charge in [0, 0.05) is 34.7 Å². The van der Waals surface area contributed by atoms with Crippen molar-refractivity contribution in [3.8, 4) is 0 Å². The van der Waals surface area contributed by atoms with Crippen molar-refractivity contribution in [1.29, 1.82) is 0 Å². The molecule has 2 atom stereocenters. The number of aromatic nitrogens is 1. The van der Waals surface area contributed by atoms with Crippen LogP contribution in [-0.2, 0) is 9.53 Å². The number of piperidine rings is 1. The molecular formula is C22H27Cl2N3O2. The van der Waals surface area contributed by atoms with Crippen molar-refractivity contribution >= 4 is 46.1 Å². The van der Waals surface area contributed by atoms with Gasteiger partial charge in [-0.15, -0.1) is 0 Å². The number of H-pyrrole nitrogens is 1. The number of rotatable bonds is 5. The predicted molar refractivity (Wildman–Crippen MR) is 120 cm³/mol. The monoisotopic (exact) mass is 435 g/mol. The van der Waals surface area contributed by atoms with Crippen molar-refractivity contribution in [2.24, 2.45) is 0 Å². The van der Waals surface area contributed by atoms with Gasteiger partial charge < -0.3 is 19.9 Å². The van der Waals surface area contributed by atoms with E-state index in [9.17, 15) is 4.79 Å². The zero-order chi connectivity index (χ0) is 21.1. The predicted octanol–water partition coefficient (Wildman–Crippen LogP) is 5.01. The Balaban J connectivity index is 1.67. The van der Waals surface area contributed by atoms with Crippen molar-refractivity contribution in [2.45, 2.75) is 44.8 Å². The lowest BCUT2D eigenvalue weighted by Crippen LogP contribution is -2.51. The summed E-state index contributed by atoms with van der Waals surface area (Å²) in [6.07, 6.45) is 7.18. The first-order chi connectivity index (χ1) is 13.8. The highest BCUT2D eigenvalue weighted by molar-refractivity contribution is 6.42. The molecular weight excluding hydrogens is 409 g/mol. The van der Waals surface area contributed by atoms with Crippen molar-refractivity contribution in [2.75, 3.05) is 14.2 Å². The van der Waals surface area contributed by atoms with Gasteiger partial charge in [0.05, 0.1) is 17.2 Å². The number of likely N-dealkylation sites (tertiary alicyclic amines) is 1. The molecule has 2 heterocycles. The molecule has 1 aromatic carbocycles. The van der Waals surface area contributed by atoms with Crippen LogP contribution in [0.4, 0.5) is 0 Å². The normalized spacial score (nSPS) is 23.7. The molecule has 1 fully saturated rings. The highest BCUT2D eigenvalue weighted by Crippen LogP contribution is 2.28.